The topological polar surface area (TPSA) is 113 Å². The molecule has 2 saturated heterocycles. The van der Waals surface area contributed by atoms with Crippen molar-refractivity contribution in [1.29, 1.82) is 0 Å². The van der Waals surface area contributed by atoms with Crippen LogP contribution in [-0.4, -0.2) is 94.4 Å². The average molecular weight is 541 g/mol. The third-order valence-electron chi connectivity index (χ3n) is 9.07. The molecule has 0 unspecified atom stereocenters. The van der Waals surface area contributed by atoms with Gasteiger partial charge in [-0.1, -0.05) is 0 Å². The van der Waals surface area contributed by atoms with E-state index in [1.807, 2.05) is 4.90 Å². The summed E-state index contributed by atoms with van der Waals surface area (Å²) in [6, 6.07) is 3.88. The largest absolute Gasteiger partial charge is 0.481 e. The summed E-state index contributed by atoms with van der Waals surface area (Å²) in [5, 5.41) is 10.3. The molecule has 4 fully saturated rings. The zero-order valence-corrected chi connectivity index (χ0v) is 22.5. The summed E-state index contributed by atoms with van der Waals surface area (Å²) in [4.78, 5) is 35.0. The molecule has 2 aliphatic carbocycles. The normalized spacial score (nSPS) is 26.8. The van der Waals surface area contributed by atoms with E-state index in [4.69, 9.17) is 9.47 Å². The number of carbonyl (C=O) groups excluding carboxylic acids is 2. The molecule has 2 saturated carbocycles. The van der Waals surface area contributed by atoms with Gasteiger partial charge in [0.25, 0.3) is 5.91 Å². The monoisotopic (exact) mass is 540 g/mol. The molecule has 1 atom stereocenters. The molecule has 2 aromatic heterocycles. The zero-order chi connectivity index (χ0) is 27.0. The number of H-pyrrole nitrogens is 1. The molecule has 2 amide bonds. The van der Waals surface area contributed by atoms with Crippen molar-refractivity contribution in [3.8, 4) is 17.1 Å². The fourth-order valence-corrected chi connectivity index (χ4v) is 6.64. The number of aromatic nitrogens is 3. The highest BCUT2D eigenvalue weighted by Gasteiger charge is 2.54. The molecule has 1 spiro atoms. The van der Waals surface area contributed by atoms with Gasteiger partial charge in [0.05, 0.1) is 32.2 Å². The summed E-state index contributed by atoms with van der Waals surface area (Å²) >= 11 is 0. The number of hydrogen-bond acceptors (Lipinski definition) is 7. The quantitative estimate of drug-likeness (QED) is 0.579. The standard InChI is InChI=1S/C28H37FN6O4/c1-38-25-14-21(22(29)17-30-25)23-15-24(33-32-23)27(37)35-9-6-18(16-28(35)7-8-28)26(36)31-19-2-4-20(5-3-19)34-10-12-39-13-11-34/h14-15,17-20H,2-13,16H2,1H3,(H,31,36)(H,32,33)/t18-,19-,20-/m0/s1. The highest BCUT2D eigenvalue weighted by Crippen LogP contribution is 2.50. The minimum absolute atomic E-state index is 0.0818. The number of morpholine rings is 1. The third-order valence-corrected chi connectivity index (χ3v) is 9.07. The molecule has 0 aromatic carbocycles. The van der Waals surface area contributed by atoms with Crippen molar-refractivity contribution in [2.45, 2.75) is 69.0 Å². The molecule has 2 aromatic rings. The highest BCUT2D eigenvalue weighted by atomic mass is 19.1. The Kier molecular flexibility index (Phi) is 7.28. The third kappa shape index (κ3) is 5.38. The number of amides is 2. The van der Waals surface area contributed by atoms with Gasteiger partial charge in [0.15, 0.2) is 11.5 Å². The van der Waals surface area contributed by atoms with Crippen molar-refractivity contribution in [2.75, 3.05) is 40.0 Å². The molecule has 11 heteroatoms. The van der Waals surface area contributed by atoms with E-state index in [0.717, 1.165) is 71.0 Å². The van der Waals surface area contributed by atoms with E-state index in [1.165, 1.54) is 13.2 Å². The lowest BCUT2D eigenvalue weighted by Gasteiger charge is -2.41. The van der Waals surface area contributed by atoms with E-state index in [-0.39, 0.29) is 46.5 Å². The van der Waals surface area contributed by atoms with Gasteiger partial charge < -0.3 is 19.7 Å². The second-order valence-corrected chi connectivity index (χ2v) is 11.4. The highest BCUT2D eigenvalue weighted by molar-refractivity contribution is 5.94. The van der Waals surface area contributed by atoms with Crippen LogP contribution in [0.15, 0.2) is 18.3 Å². The summed E-state index contributed by atoms with van der Waals surface area (Å²) in [6.45, 7) is 4.17. The maximum atomic E-state index is 14.4. The second kappa shape index (κ2) is 10.8. The first-order chi connectivity index (χ1) is 19.0. The molecule has 39 heavy (non-hydrogen) atoms. The fourth-order valence-electron chi connectivity index (χ4n) is 6.64. The number of halogens is 1. The fraction of sp³-hybridized carbons (Fsp3) is 0.643. The van der Waals surface area contributed by atoms with Crippen LogP contribution < -0.4 is 10.1 Å². The maximum absolute atomic E-state index is 14.4. The number of piperidine rings is 1. The SMILES string of the molecule is COc1cc(-c2cc(C(=O)N3CC[C@H](C(=O)N[C@H]4CC[C@H](N5CCOCC5)CC4)CC34CC4)n[nH]2)c(F)cn1. The van der Waals surface area contributed by atoms with Crippen LogP contribution in [0.1, 0.15) is 61.9 Å². The minimum Gasteiger partial charge on any atom is -0.481 e. The number of methoxy groups -OCH3 is 1. The Hall–Kier alpha value is -3.05. The van der Waals surface area contributed by atoms with Crippen LogP contribution in [0.25, 0.3) is 11.3 Å². The summed E-state index contributed by atoms with van der Waals surface area (Å²) in [5.41, 5.74) is 0.588. The van der Waals surface area contributed by atoms with Gasteiger partial charge in [0.1, 0.15) is 0 Å². The van der Waals surface area contributed by atoms with Gasteiger partial charge in [-0.15, -0.1) is 0 Å². The first-order valence-corrected chi connectivity index (χ1v) is 14.2. The van der Waals surface area contributed by atoms with Gasteiger partial charge in [0, 0.05) is 54.8 Å². The van der Waals surface area contributed by atoms with Crippen LogP contribution in [0.3, 0.4) is 0 Å². The molecule has 210 valence electrons. The molecule has 4 heterocycles. The van der Waals surface area contributed by atoms with Crippen molar-refractivity contribution < 1.29 is 23.5 Å². The van der Waals surface area contributed by atoms with Crippen molar-refractivity contribution in [3.05, 3.63) is 29.8 Å². The minimum atomic E-state index is -0.529. The Morgan fingerprint density at radius 2 is 1.90 bits per heavy atom. The van der Waals surface area contributed by atoms with Crippen molar-refractivity contribution >= 4 is 11.8 Å². The number of ether oxygens (including phenoxy) is 2. The molecule has 6 rings (SSSR count). The van der Waals surface area contributed by atoms with E-state index >= 15 is 0 Å². The number of hydrogen-bond donors (Lipinski definition) is 2. The van der Waals surface area contributed by atoms with Crippen LogP contribution in [0.5, 0.6) is 5.88 Å². The molecular formula is C28H37FN6O4. The van der Waals surface area contributed by atoms with Crippen LogP contribution in [-0.2, 0) is 9.53 Å². The van der Waals surface area contributed by atoms with Gasteiger partial charge in [-0.2, -0.15) is 5.10 Å². The predicted octanol–water partition coefficient (Wildman–Crippen LogP) is 2.76. The number of likely N-dealkylation sites (tertiary alicyclic amines) is 1. The van der Waals surface area contributed by atoms with Gasteiger partial charge in [-0.3, -0.25) is 19.6 Å². The lowest BCUT2D eigenvalue weighted by Crippen LogP contribution is -2.52. The number of nitrogens with zero attached hydrogens (tertiary/aromatic N) is 4. The molecule has 10 nitrogen and oxygen atoms in total. The van der Waals surface area contributed by atoms with Gasteiger partial charge >= 0.3 is 0 Å². The van der Waals surface area contributed by atoms with Gasteiger partial charge in [-0.25, -0.2) is 9.37 Å². The molecule has 2 aliphatic heterocycles. The van der Waals surface area contributed by atoms with Crippen molar-refractivity contribution in [1.82, 2.24) is 30.3 Å². The van der Waals surface area contributed by atoms with Crippen LogP contribution >= 0.6 is 0 Å². The van der Waals surface area contributed by atoms with E-state index in [2.05, 4.69) is 25.4 Å². The number of nitrogens with one attached hydrogen (secondary N) is 2. The van der Waals surface area contributed by atoms with E-state index in [1.54, 1.807) is 6.07 Å². The summed E-state index contributed by atoms with van der Waals surface area (Å²) in [6.07, 6.45) is 8.44. The first kappa shape index (κ1) is 26.2. The summed E-state index contributed by atoms with van der Waals surface area (Å²) in [5.74, 6) is -0.388. The number of rotatable bonds is 6. The van der Waals surface area contributed by atoms with Crippen molar-refractivity contribution in [2.24, 2.45) is 5.92 Å². The number of carbonyl (C=O) groups is 2. The molecule has 0 bridgehead atoms. The average Bonchev–Trinajstić information content (AvgIpc) is 3.54. The molecule has 0 radical (unpaired) electrons. The maximum Gasteiger partial charge on any atom is 0.274 e. The Labute approximate surface area is 227 Å². The van der Waals surface area contributed by atoms with Crippen LogP contribution in [0, 0.1) is 11.7 Å². The predicted molar refractivity (Wildman–Crippen MR) is 141 cm³/mol. The zero-order valence-electron chi connectivity index (χ0n) is 22.5. The van der Waals surface area contributed by atoms with E-state index < -0.39 is 5.82 Å². The lowest BCUT2D eigenvalue weighted by molar-refractivity contribution is -0.128. The van der Waals surface area contributed by atoms with Gasteiger partial charge in [-0.05, 0) is 57.4 Å². The first-order valence-electron chi connectivity index (χ1n) is 14.2. The van der Waals surface area contributed by atoms with Crippen molar-refractivity contribution in [3.63, 3.8) is 0 Å². The van der Waals surface area contributed by atoms with Crippen LogP contribution in [0.2, 0.25) is 0 Å². The molecule has 4 aliphatic rings. The Morgan fingerprint density at radius 1 is 1.13 bits per heavy atom. The smallest absolute Gasteiger partial charge is 0.274 e. The summed E-state index contributed by atoms with van der Waals surface area (Å²) in [7, 11) is 1.46. The van der Waals surface area contributed by atoms with E-state index in [0.29, 0.717) is 31.1 Å². The second-order valence-electron chi connectivity index (χ2n) is 11.4. The number of pyridine rings is 1. The molecule has 2 N–H and O–H groups in total. The molecular weight excluding hydrogens is 503 g/mol. The Balaban J connectivity index is 1.04. The lowest BCUT2D eigenvalue weighted by atomic mass is 9.86. The Morgan fingerprint density at radius 3 is 2.62 bits per heavy atom. The van der Waals surface area contributed by atoms with E-state index in [9.17, 15) is 14.0 Å². The Bertz CT molecular complexity index is 1200. The van der Waals surface area contributed by atoms with Gasteiger partial charge in [0.2, 0.25) is 11.8 Å². The summed E-state index contributed by atoms with van der Waals surface area (Å²) < 4.78 is 25.0. The number of aromatic amines is 1. The van der Waals surface area contributed by atoms with Crippen LogP contribution in [0.4, 0.5) is 4.39 Å².